The van der Waals surface area contributed by atoms with E-state index in [4.69, 9.17) is 15.0 Å². The van der Waals surface area contributed by atoms with Gasteiger partial charge in [0, 0.05) is 20.1 Å². The molecule has 1 aliphatic rings. The molecular formula is C14H25ClN4O3. The van der Waals surface area contributed by atoms with E-state index >= 15 is 0 Å². The highest BCUT2D eigenvalue weighted by Gasteiger charge is 2.34. The zero-order valence-corrected chi connectivity index (χ0v) is 14.1. The molecule has 8 heteroatoms. The van der Waals surface area contributed by atoms with Crippen LogP contribution in [0.3, 0.4) is 0 Å². The molecule has 7 nitrogen and oxygen atoms in total. The maximum absolute atomic E-state index is 12.5. The normalized spacial score (nSPS) is 22.2. The lowest BCUT2D eigenvalue weighted by Gasteiger charge is -2.23. The summed E-state index contributed by atoms with van der Waals surface area (Å²) >= 11 is 0. The minimum absolute atomic E-state index is 0. The minimum Gasteiger partial charge on any atom is -0.374 e. The predicted octanol–water partition coefficient (Wildman–Crippen LogP) is 1.53. The van der Waals surface area contributed by atoms with Crippen molar-refractivity contribution in [2.45, 2.75) is 38.8 Å². The number of amides is 1. The maximum atomic E-state index is 12.5. The van der Waals surface area contributed by atoms with Gasteiger partial charge in [-0.15, -0.1) is 12.4 Å². The van der Waals surface area contributed by atoms with Crippen LogP contribution in [0, 0.1) is 11.8 Å². The quantitative estimate of drug-likeness (QED) is 0.849. The van der Waals surface area contributed by atoms with Gasteiger partial charge in [0.25, 0.3) is 0 Å². The molecule has 1 aliphatic carbocycles. The number of rotatable bonds is 6. The molecule has 0 bridgehead atoms. The Morgan fingerprint density at radius 2 is 2.27 bits per heavy atom. The van der Waals surface area contributed by atoms with Crippen LogP contribution in [0.15, 0.2) is 4.52 Å². The molecule has 1 saturated carbocycles. The first kappa shape index (κ1) is 18.9. The van der Waals surface area contributed by atoms with Gasteiger partial charge in [-0.25, -0.2) is 0 Å². The summed E-state index contributed by atoms with van der Waals surface area (Å²) in [6, 6.07) is 0. The van der Waals surface area contributed by atoms with Crippen LogP contribution in [0.5, 0.6) is 0 Å². The fourth-order valence-electron chi connectivity index (χ4n) is 2.81. The molecule has 0 spiro atoms. The molecule has 1 unspecified atom stereocenters. The Kier molecular flexibility index (Phi) is 7.25. The van der Waals surface area contributed by atoms with E-state index in [1.54, 1.807) is 19.1 Å². The average molecular weight is 333 g/mol. The van der Waals surface area contributed by atoms with E-state index in [9.17, 15) is 4.79 Å². The lowest BCUT2D eigenvalue weighted by Crippen LogP contribution is -2.36. The summed E-state index contributed by atoms with van der Waals surface area (Å²) in [6.45, 7) is 2.73. The number of aromatic nitrogens is 2. The number of carbonyl (C=O) groups is 1. The van der Waals surface area contributed by atoms with E-state index in [2.05, 4.69) is 10.1 Å². The Morgan fingerprint density at radius 1 is 1.55 bits per heavy atom. The van der Waals surface area contributed by atoms with Crippen LogP contribution in [-0.2, 0) is 16.1 Å². The van der Waals surface area contributed by atoms with E-state index in [-0.39, 0.29) is 30.3 Å². The molecule has 0 radical (unpaired) electrons. The first-order chi connectivity index (χ1) is 10.1. The number of methoxy groups -OCH3 is 1. The zero-order chi connectivity index (χ0) is 15.4. The number of ether oxygens (including phenoxy) is 1. The van der Waals surface area contributed by atoms with Crippen molar-refractivity contribution in [3.63, 3.8) is 0 Å². The third-order valence-electron chi connectivity index (χ3n) is 4.23. The number of carbonyl (C=O) groups excluding carboxylic acids is 1. The first-order valence-electron chi connectivity index (χ1n) is 7.37. The van der Waals surface area contributed by atoms with Crippen molar-refractivity contribution in [1.82, 2.24) is 15.0 Å². The van der Waals surface area contributed by atoms with Crippen LogP contribution in [0.25, 0.3) is 0 Å². The molecule has 126 valence electrons. The fourth-order valence-corrected chi connectivity index (χ4v) is 2.81. The van der Waals surface area contributed by atoms with Crippen LogP contribution in [0.2, 0.25) is 0 Å². The van der Waals surface area contributed by atoms with Crippen molar-refractivity contribution in [2.75, 3.05) is 20.7 Å². The van der Waals surface area contributed by atoms with Crippen LogP contribution >= 0.6 is 12.4 Å². The van der Waals surface area contributed by atoms with Crippen molar-refractivity contribution >= 4 is 18.3 Å². The Bertz CT molecular complexity index is 482. The van der Waals surface area contributed by atoms with Crippen molar-refractivity contribution in [2.24, 2.45) is 17.6 Å². The summed E-state index contributed by atoms with van der Waals surface area (Å²) in [5.74, 6) is 1.36. The Labute approximate surface area is 137 Å². The second-order valence-electron chi connectivity index (χ2n) is 5.65. The average Bonchev–Trinajstić information content (AvgIpc) is 3.14. The fraction of sp³-hybridized carbons (Fsp3) is 0.786. The van der Waals surface area contributed by atoms with Crippen LogP contribution in [-0.4, -0.2) is 41.6 Å². The lowest BCUT2D eigenvalue weighted by atomic mass is 9.95. The molecule has 0 aromatic carbocycles. The Balaban J connectivity index is 0.00000242. The van der Waals surface area contributed by atoms with Crippen molar-refractivity contribution in [3.8, 4) is 0 Å². The molecule has 1 aromatic heterocycles. The molecule has 3 atom stereocenters. The lowest BCUT2D eigenvalue weighted by molar-refractivity contribution is -0.136. The zero-order valence-electron chi connectivity index (χ0n) is 13.3. The van der Waals surface area contributed by atoms with Crippen molar-refractivity contribution in [1.29, 1.82) is 0 Å². The van der Waals surface area contributed by atoms with Gasteiger partial charge in [0.1, 0.15) is 6.10 Å². The number of nitrogens with two attached hydrogens (primary N) is 1. The monoisotopic (exact) mass is 332 g/mol. The SMILES string of the molecule is COC(C)c1noc(CN(C)C(=O)[C@@H]2CCC[C@@H]2CN)n1.Cl. The molecule has 1 fully saturated rings. The third kappa shape index (κ3) is 4.18. The second-order valence-corrected chi connectivity index (χ2v) is 5.65. The van der Waals surface area contributed by atoms with Gasteiger partial charge in [-0.1, -0.05) is 11.6 Å². The molecule has 1 aromatic rings. The summed E-state index contributed by atoms with van der Waals surface area (Å²) in [5, 5.41) is 3.86. The number of nitrogens with zero attached hydrogens (tertiary/aromatic N) is 3. The molecular weight excluding hydrogens is 308 g/mol. The summed E-state index contributed by atoms with van der Waals surface area (Å²) in [4.78, 5) is 18.4. The van der Waals surface area contributed by atoms with Gasteiger partial charge in [-0.3, -0.25) is 4.79 Å². The largest absolute Gasteiger partial charge is 0.374 e. The van der Waals surface area contributed by atoms with Crippen LogP contribution in [0.4, 0.5) is 0 Å². The van der Waals surface area contributed by atoms with Crippen LogP contribution < -0.4 is 5.73 Å². The second kappa shape index (κ2) is 8.45. The standard InChI is InChI=1S/C14H24N4O3.ClH/c1-9(20-3)13-16-12(21-17-13)8-18(2)14(19)11-6-4-5-10(11)7-15;/h9-11H,4-8,15H2,1-3H3;1H/t9?,10-,11-;/m1./s1. The van der Waals surface area contributed by atoms with Crippen LogP contribution in [0.1, 0.15) is 44.0 Å². The van der Waals surface area contributed by atoms with E-state index in [1.165, 1.54) is 0 Å². The molecule has 1 amide bonds. The highest BCUT2D eigenvalue weighted by atomic mass is 35.5. The Morgan fingerprint density at radius 3 is 2.91 bits per heavy atom. The predicted molar refractivity (Wildman–Crippen MR) is 83.3 cm³/mol. The number of hydrogen-bond acceptors (Lipinski definition) is 6. The molecule has 2 N–H and O–H groups in total. The maximum Gasteiger partial charge on any atom is 0.246 e. The summed E-state index contributed by atoms with van der Waals surface area (Å²) in [6.07, 6.45) is 2.81. The van der Waals surface area contributed by atoms with Gasteiger partial charge < -0.3 is 19.9 Å². The topological polar surface area (TPSA) is 94.5 Å². The van der Waals surface area contributed by atoms with Gasteiger partial charge in [0.05, 0.1) is 6.54 Å². The highest BCUT2D eigenvalue weighted by Crippen LogP contribution is 2.32. The van der Waals surface area contributed by atoms with Crippen molar-refractivity contribution < 1.29 is 14.1 Å². The van der Waals surface area contributed by atoms with E-state index < -0.39 is 0 Å². The molecule has 22 heavy (non-hydrogen) atoms. The van der Waals surface area contributed by atoms with Gasteiger partial charge in [0.2, 0.25) is 11.8 Å². The first-order valence-corrected chi connectivity index (χ1v) is 7.37. The minimum atomic E-state index is -0.222. The summed E-state index contributed by atoms with van der Waals surface area (Å²) in [5.41, 5.74) is 5.74. The van der Waals surface area contributed by atoms with E-state index in [0.29, 0.717) is 30.7 Å². The van der Waals surface area contributed by atoms with Gasteiger partial charge in [0.15, 0.2) is 5.82 Å². The Hall–Kier alpha value is -1.18. The van der Waals surface area contributed by atoms with E-state index in [1.807, 2.05) is 6.92 Å². The third-order valence-corrected chi connectivity index (χ3v) is 4.23. The highest BCUT2D eigenvalue weighted by molar-refractivity contribution is 5.85. The van der Waals surface area contributed by atoms with Gasteiger partial charge in [-0.05, 0) is 32.2 Å². The number of halogens is 1. The molecule has 1 heterocycles. The summed E-state index contributed by atoms with van der Waals surface area (Å²) < 4.78 is 10.3. The van der Waals surface area contributed by atoms with Gasteiger partial charge >= 0.3 is 0 Å². The summed E-state index contributed by atoms with van der Waals surface area (Å²) in [7, 11) is 3.35. The molecule has 0 saturated heterocycles. The smallest absolute Gasteiger partial charge is 0.246 e. The van der Waals surface area contributed by atoms with E-state index in [0.717, 1.165) is 19.3 Å². The molecule has 0 aliphatic heterocycles. The number of hydrogen-bond donors (Lipinski definition) is 1. The molecule has 2 rings (SSSR count). The van der Waals surface area contributed by atoms with Crippen molar-refractivity contribution in [3.05, 3.63) is 11.7 Å². The van der Waals surface area contributed by atoms with Gasteiger partial charge in [-0.2, -0.15) is 4.98 Å².